The lowest BCUT2D eigenvalue weighted by atomic mass is 10.1. The van der Waals surface area contributed by atoms with E-state index in [0.717, 1.165) is 31.6 Å². The summed E-state index contributed by atoms with van der Waals surface area (Å²) in [5.74, 6) is 1.51. The van der Waals surface area contributed by atoms with E-state index in [4.69, 9.17) is 14.4 Å². The first kappa shape index (κ1) is 18.7. The Morgan fingerprint density at radius 1 is 1.32 bits per heavy atom. The predicted molar refractivity (Wildman–Crippen MR) is 95.3 cm³/mol. The number of rotatable bonds is 7. The van der Waals surface area contributed by atoms with Crippen molar-refractivity contribution in [3.8, 4) is 0 Å². The zero-order valence-electron chi connectivity index (χ0n) is 14.6. The highest BCUT2D eigenvalue weighted by molar-refractivity contribution is 5.83. The van der Waals surface area contributed by atoms with Gasteiger partial charge in [0.2, 0.25) is 5.89 Å². The Kier molecular flexibility index (Phi) is 7.16. The van der Waals surface area contributed by atoms with E-state index < -0.39 is 0 Å². The largest absolute Gasteiger partial charge is 0.483 e. The number of aryl methyl sites for hydroxylation is 1. The SMILES string of the molecule is CCCc1noc(CN(C)CCc2c[nH]c3ccccc23)n1.O=CO. The molecule has 0 spiro atoms. The van der Waals surface area contributed by atoms with E-state index in [1.807, 2.05) is 0 Å². The standard InChI is InChI=1S/C17H22N4O.CH2O2/c1-3-6-16-19-17(22-20-16)12-21(2)10-9-13-11-18-15-8-5-4-7-14(13)15;2-1-3/h4-5,7-8,11,18H,3,6,9-10,12H2,1-2H3;1H,(H,2,3). The van der Waals surface area contributed by atoms with Crippen LogP contribution in [0.2, 0.25) is 0 Å². The summed E-state index contributed by atoms with van der Waals surface area (Å²) in [4.78, 5) is 18.3. The number of H-pyrrole nitrogens is 1. The minimum Gasteiger partial charge on any atom is -0.483 e. The normalized spacial score (nSPS) is 10.7. The van der Waals surface area contributed by atoms with Crippen molar-refractivity contribution in [3.05, 3.63) is 47.7 Å². The van der Waals surface area contributed by atoms with Crippen molar-refractivity contribution in [2.45, 2.75) is 32.7 Å². The highest BCUT2D eigenvalue weighted by Gasteiger charge is 2.10. The average molecular weight is 344 g/mol. The number of likely N-dealkylation sites (N-methyl/N-ethyl adjacent to an activating group) is 1. The first-order chi connectivity index (χ1) is 12.2. The molecule has 0 aliphatic heterocycles. The molecule has 7 heteroatoms. The Hall–Kier alpha value is -2.67. The van der Waals surface area contributed by atoms with E-state index in [9.17, 15) is 0 Å². The van der Waals surface area contributed by atoms with Crippen LogP contribution in [0.4, 0.5) is 0 Å². The zero-order valence-corrected chi connectivity index (χ0v) is 14.6. The fourth-order valence-electron chi connectivity index (χ4n) is 2.64. The van der Waals surface area contributed by atoms with Gasteiger partial charge in [0.1, 0.15) is 0 Å². The molecule has 3 rings (SSSR count). The molecule has 0 saturated heterocycles. The summed E-state index contributed by atoms with van der Waals surface area (Å²) in [6, 6.07) is 8.40. The quantitative estimate of drug-likeness (QED) is 0.640. The summed E-state index contributed by atoms with van der Waals surface area (Å²) < 4.78 is 5.29. The second kappa shape index (κ2) is 9.58. The van der Waals surface area contributed by atoms with Gasteiger partial charge in [0, 0.05) is 30.1 Å². The number of aromatic nitrogens is 3. The number of carbonyl (C=O) groups is 1. The van der Waals surface area contributed by atoms with Gasteiger partial charge in [-0.05, 0) is 31.5 Å². The van der Waals surface area contributed by atoms with Crippen molar-refractivity contribution in [2.75, 3.05) is 13.6 Å². The summed E-state index contributed by atoms with van der Waals surface area (Å²) in [6.45, 7) is 3.51. The lowest BCUT2D eigenvalue weighted by Gasteiger charge is -2.13. The predicted octanol–water partition coefficient (Wildman–Crippen LogP) is 2.88. The van der Waals surface area contributed by atoms with Crippen molar-refractivity contribution in [1.29, 1.82) is 0 Å². The van der Waals surface area contributed by atoms with Gasteiger partial charge in [0.15, 0.2) is 5.82 Å². The van der Waals surface area contributed by atoms with Crippen LogP contribution in [0.3, 0.4) is 0 Å². The minimum absolute atomic E-state index is 0.250. The van der Waals surface area contributed by atoms with E-state index in [0.29, 0.717) is 12.4 Å². The van der Waals surface area contributed by atoms with E-state index in [2.05, 4.69) is 64.5 Å². The molecule has 0 radical (unpaired) electrons. The van der Waals surface area contributed by atoms with Gasteiger partial charge in [-0.2, -0.15) is 4.98 Å². The van der Waals surface area contributed by atoms with Crippen molar-refractivity contribution in [3.63, 3.8) is 0 Å². The molecule has 0 fully saturated rings. The third-order valence-electron chi connectivity index (χ3n) is 3.83. The van der Waals surface area contributed by atoms with Crippen molar-refractivity contribution in [2.24, 2.45) is 0 Å². The third kappa shape index (κ3) is 5.42. The maximum atomic E-state index is 8.36. The van der Waals surface area contributed by atoms with E-state index in [1.54, 1.807) is 0 Å². The van der Waals surface area contributed by atoms with Crippen LogP contribution in [-0.2, 0) is 24.2 Å². The molecule has 0 atom stereocenters. The Labute approximate surface area is 146 Å². The van der Waals surface area contributed by atoms with Gasteiger partial charge >= 0.3 is 0 Å². The highest BCUT2D eigenvalue weighted by atomic mass is 16.5. The van der Waals surface area contributed by atoms with Crippen LogP contribution in [-0.4, -0.2) is 45.2 Å². The number of para-hydroxylation sites is 1. The average Bonchev–Trinajstić information content (AvgIpc) is 3.21. The van der Waals surface area contributed by atoms with Gasteiger partial charge in [-0.3, -0.25) is 9.69 Å². The smallest absolute Gasteiger partial charge is 0.290 e. The maximum absolute atomic E-state index is 8.36. The summed E-state index contributed by atoms with van der Waals surface area (Å²) in [5.41, 5.74) is 2.54. The number of nitrogens with zero attached hydrogens (tertiary/aromatic N) is 3. The van der Waals surface area contributed by atoms with Crippen LogP contribution >= 0.6 is 0 Å². The molecule has 0 unspecified atom stereocenters. The molecule has 1 aromatic carbocycles. The molecular weight excluding hydrogens is 320 g/mol. The van der Waals surface area contributed by atoms with Crippen molar-refractivity contribution >= 4 is 17.4 Å². The monoisotopic (exact) mass is 344 g/mol. The van der Waals surface area contributed by atoms with Crippen molar-refractivity contribution in [1.82, 2.24) is 20.0 Å². The molecule has 2 aromatic heterocycles. The fourth-order valence-corrected chi connectivity index (χ4v) is 2.64. The van der Waals surface area contributed by atoms with Gasteiger partial charge in [-0.15, -0.1) is 0 Å². The minimum atomic E-state index is -0.250. The Morgan fingerprint density at radius 2 is 2.08 bits per heavy atom. The van der Waals surface area contributed by atoms with Gasteiger partial charge in [0.25, 0.3) is 6.47 Å². The molecule has 7 nitrogen and oxygen atoms in total. The van der Waals surface area contributed by atoms with Crippen LogP contribution in [0.1, 0.15) is 30.6 Å². The van der Waals surface area contributed by atoms with Gasteiger partial charge in [0.05, 0.1) is 6.54 Å². The second-order valence-electron chi connectivity index (χ2n) is 5.81. The lowest BCUT2D eigenvalue weighted by Crippen LogP contribution is -2.20. The van der Waals surface area contributed by atoms with Crippen LogP contribution < -0.4 is 0 Å². The first-order valence-electron chi connectivity index (χ1n) is 8.30. The fraction of sp³-hybridized carbons (Fsp3) is 0.389. The molecule has 0 saturated carbocycles. The van der Waals surface area contributed by atoms with E-state index >= 15 is 0 Å². The summed E-state index contributed by atoms with van der Waals surface area (Å²) in [6.07, 6.45) is 5.01. The van der Waals surface area contributed by atoms with Gasteiger partial charge in [-0.1, -0.05) is 30.3 Å². The van der Waals surface area contributed by atoms with Crippen LogP contribution in [0.15, 0.2) is 35.0 Å². The van der Waals surface area contributed by atoms with Crippen LogP contribution in [0.5, 0.6) is 0 Å². The number of nitrogens with one attached hydrogen (secondary N) is 1. The number of carboxylic acid groups (broad SMARTS) is 1. The molecule has 0 aliphatic carbocycles. The zero-order chi connectivity index (χ0) is 18.1. The molecule has 0 bridgehead atoms. The number of hydrogen-bond donors (Lipinski definition) is 2. The molecule has 25 heavy (non-hydrogen) atoms. The molecule has 2 heterocycles. The second-order valence-corrected chi connectivity index (χ2v) is 5.81. The van der Waals surface area contributed by atoms with Gasteiger partial charge < -0.3 is 14.6 Å². The van der Waals surface area contributed by atoms with Crippen LogP contribution in [0.25, 0.3) is 10.9 Å². The Morgan fingerprint density at radius 3 is 2.84 bits per heavy atom. The summed E-state index contributed by atoms with van der Waals surface area (Å²) in [7, 11) is 2.08. The van der Waals surface area contributed by atoms with E-state index in [1.165, 1.54) is 16.5 Å². The van der Waals surface area contributed by atoms with Crippen molar-refractivity contribution < 1.29 is 14.4 Å². The molecule has 0 aliphatic rings. The number of aromatic amines is 1. The number of fused-ring (bicyclic) bond motifs is 1. The molecule has 134 valence electrons. The number of benzene rings is 1. The molecule has 3 aromatic rings. The van der Waals surface area contributed by atoms with E-state index in [-0.39, 0.29) is 6.47 Å². The Balaban J connectivity index is 0.000000701. The molecule has 0 amide bonds. The lowest BCUT2D eigenvalue weighted by molar-refractivity contribution is -0.122. The van der Waals surface area contributed by atoms with Crippen LogP contribution in [0, 0.1) is 0 Å². The molecular formula is C18H24N4O3. The topological polar surface area (TPSA) is 95.3 Å². The highest BCUT2D eigenvalue weighted by Crippen LogP contribution is 2.18. The third-order valence-corrected chi connectivity index (χ3v) is 3.83. The Bertz CT molecular complexity index is 781. The van der Waals surface area contributed by atoms with Gasteiger partial charge in [-0.25, -0.2) is 0 Å². The summed E-state index contributed by atoms with van der Waals surface area (Å²) >= 11 is 0. The maximum Gasteiger partial charge on any atom is 0.290 e. The first-order valence-corrected chi connectivity index (χ1v) is 8.30. The number of hydrogen-bond acceptors (Lipinski definition) is 5. The summed E-state index contributed by atoms with van der Waals surface area (Å²) in [5, 5.41) is 12.2. The molecule has 2 N–H and O–H groups in total.